The molecule has 11 nitrogen and oxygen atoms in total. The van der Waals surface area contributed by atoms with E-state index in [1.807, 2.05) is 12.1 Å². The van der Waals surface area contributed by atoms with Crippen LogP contribution < -0.4 is 22.1 Å². The third-order valence-corrected chi connectivity index (χ3v) is 7.44. The highest BCUT2D eigenvalue weighted by Crippen LogP contribution is 2.20. The van der Waals surface area contributed by atoms with Gasteiger partial charge in [0, 0.05) is 25.4 Å². The zero-order valence-electron chi connectivity index (χ0n) is 23.6. The standard InChI is InChI=1S/C32H37N5O6/c33-23-18-28(37(19-23)31(41)25(34)15-22-11-13-24(38)14-12-22)30(40)35-26(16-20-7-3-1-4-8-20)29(39)36-27(32(42)43)17-21-9-5-2-6-10-21/h1-14,23,25-28,38H,15-19,33-34H2,(H,35,40)(H,36,39)(H,42,43)/t23-,25-,26-,27+,28-/m0/s1. The van der Waals surface area contributed by atoms with Crippen molar-refractivity contribution in [3.05, 3.63) is 102 Å². The van der Waals surface area contributed by atoms with Crippen molar-refractivity contribution in [2.45, 2.75) is 55.9 Å². The Morgan fingerprint density at radius 2 is 1.33 bits per heavy atom. The first-order chi connectivity index (χ1) is 20.6. The van der Waals surface area contributed by atoms with Gasteiger partial charge in [0.05, 0.1) is 6.04 Å². The second kappa shape index (κ2) is 14.4. The number of aliphatic carboxylic acids is 1. The van der Waals surface area contributed by atoms with Crippen LogP contribution in [0.15, 0.2) is 84.9 Å². The van der Waals surface area contributed by atoms with Gasteiger partial charge in [0.25, 0.3) is 0 Å². The maximum atomic E-state index is 13.6. The Labute approximate surface area is 249 Å². The van der Waals surface area contributed by atoms with Gasteiger partial charge in [-0.25, -0.2) is 4.79 Å². The van der Waals surface area contributed by atoms with E-state index < -0.39 is 53.9 Å². The number of hydrogen-bond acceptors (Lipinski definition) is 7. The van der Waals surface area contributed by atoms with Crippen LogP contribution in [-0.4, -0.2) is 75.6 Å². The van der Waals surface area contributed by atoms with Crippen LogP contribution in [0.5, 0.6) is 5.75 Å². The first-order valence-electron chi connectivity index (χ1n) is 14.1. The van der Waals surface area contributed by atoms with Crippen LogP contribution in [0.2, 0.25) is 0 Å². The highest BCUT2D eigenvalue weighted by molar-refractivity contribution is 5.94. The molecule has 3 aromatic rings. The van der Waals surface area contributed by atoms with Gasteiger partial charge in [0.15, 0.2) is 0 Å². The first kappa shape index (κ1) is 31.2. The molecule has 4 rings (SSSR count). The van der Waals surface area contributed by atoms with Crippen molar-refractivity contribution in [1.82, 2.24) is 15.5 Å². The zero-order chi connectivity index (χ0) is 30.9. The number of nitrogens with two attached hydrogens (primary N) is 2. The molecule has 11 heteroatoms. The molecule has 1 saturated heterocycles. The van der Waals surface area contributed by atoms with Crippen molar-refractivity contribution in [3.8, 4) is 5.75 Å². The maximum Gasteiger partial charge on any atom is 0.326 e. The Bertz CT molecular complexity index is 1400. The number of carbonyl (C=O) groups is 4. The predicted octanol–water partition coefficient (Wildman–Crippen LogP) is 0.730. The van der Waals surface area contributed by atoms with Gasteiger partial charge in [0.1, 0.15) is 23.9 Å². The fourth-order valence-electron chi connectivity index (χ4n) is 5.20. The molecule has 3 aromatic carbocycles. The lowest BCUT2D eigenvalue weighted by Gasteiger charge is -2.28. The molecule has 0 aromatic heterocycles. The van der Waals surface area contributed by atoms with Gasteiger partial charge in [0.2, 0.25) is 17.7 Å². The molecule has 0 unspecified atom stereocenters. The van der Waals surface area contributed by atoms with E-state index in [4.69, 9.17) is 11.5 Å². The molecule has 5 atom stereocenters. The normalized spacial score (nSPS) is 18.3. The van der Waals surface area contributed by atoms with Crippen LogP contribution in [0.3, 0.4) is 0 Å². The number of phenols is 1. The Morgan fingerprint density at radius 3 is 1.88 bits per heavy atom. The Balaban J connectivity index is 1.49. The van der Waals surface area contributed by atoms with Crippen LogP contribution in [0.4, 0.5) is 0 Å². The summed E-state index contributed by atoms with van der Waals surface area (Å²) in [4.78, 5) is 53.8. The zero-order valence-corrected chi connectivity index (χ0v) is 23.6. The molecule has 0 saturated carbocycles. The predicted molar refractivity (Wildman–Crippen MR) is 160 cm³/mol. The lowest BCUT2D eigenvalue weighted by Crippen LogP contribution is -2.57. The van der Waals surface area contributed by atoms with E-state index in [0.717, 1.165) is 16.7 Å². The Morgan fingerprint density at radius 1 is 0.791 bits per heavy atom. The molecule has 8 N–H and O–H groups in total. The number of carbonyl (C=O) groups excluding carboxylic acids is 3. The smallest absolute Gasteiger partial charge is 0.326 e. The number of rotatable bonds is 12. The van der Waals surface area contributed by atoms with E-state index in [0.29, 0.717) is 0 Å². The second-order valence-electron chi connectivity index (χ2n) is 10.8. The van der Waals surface area contributed by atoms with Gasteiger partial charge in [-0.3, -0.25) is 14.4 Å². The molecule has 226 valence electrons. The Kier molecular flexibility index (Phi) is 10.5. The molecule has 1 aliphatic rings. The van der Waals surface area contributed by atoms with Gasteiger partial charge in [-0.2, -0.15) is 0 Å². The quantitative estimate of drug-likeness (QED) is 0.179. The minimum atomic E-state index is -1.22. The lowest BCUT2D eigenvalue weighted by molar-refractivity contribution is -0.143. The highest BCUT2D eigenvalue weighted by Gasteiger charge is 2.41. The van der Waals surface area contributed by atoms with Gasteiger partial charge < -0.3 is 37.2 Å². The van der Waals surface area contributed by atoms with E-state index in [9.17, 15) is 29.4 Å². The maximum absolute atomic E-state index is 13.6. The van der Waals surface area contributed by atoms with Gasteiger partial charge in [-0.15, -0.1) is 0 Å². The van der Waals surface area contributed by atoms with Gasteiger partial charge in [-0.05, 0) is 41.7 Å². The van der Waals surface area contributed by atoms with Crippen molar-refractivity contribution < 1.29 is 29.4 Å². The summed E-state index contributed by atoms with van der Waals surface area (Å²) < 4.78 is 0. The summed E-state index contributed by atoms with van der Waals surface area (Å²) in [6.07, 6.45) is 0.529. The average molecular weight is 588 g/mol. The minimum Gasteiger partial charge on any atom is -0.508 e. The number of carboxylic acids is 1. The third kappa shape index (κ3) is 8.63. The SMILES string of the molecule is N[C@H]1C[C@@H](C(=O)N[C@@H](Cc2ccccc2)C(=O)N[C@H](Cc2ccccc2)C(=O)O)N(C(=O)[C@@H](N)Cc2ccc(O)cc2)C1. The van der Waals surface area contributed by atoms with E-state index in [-0.39, 0.29) is 38.0 Å². The van der Waals surface area contributed by atoms with Crippen molar-refractivity contribution in [2.24, 2.45) is 11.5 Å². The second-order valence-corrected chi connectivity index (χ2v) is 10.8. The summed E-state index contributed by atoms with van der Waals surface area (Å²) >= 11 is 0. The van der Waals surface area contributed by atoms with Crippen molar-refractivity contribution >= 4 is 23.7 Å². The molecule has 0 aliphatic carbocycles. The molecule has 1 heterocycles. The lowest BCUT2D eigenvalue weighted by atomic mass is 10.0. The minimum absolute atomic E-state index is 0.0621. The van der Waals surface area contributed by atoms with Crippen molar-refractivity contribution in [3.63, 3.8) is 0 Å². The number of carboxylic acid groups (broad SMARTS) is 1. The molecule has 0 bridgehead atoms. The fourth-order valence-corrected chi connectivity index (χ4v) is 5.20. The summed E-state index contributed by atoms with van der Waals surface area (Å²) in [5, 5.41) is 24.7. The van der Waals surface area contributed by atoms with E-state index in [2.05, 4.69) is 10.6 Å². The summed E-state index contributed by atoms with van der Waals surface area (Å²) in [6.45, 7) is 0.119. The molecule has 3 amide bonds. The first-order valence-corrected chi connectivity index (χ1v) is 14.1. The molecule has 0 radical (unpaired) electrons. The molecule has 0 spiro atoms. The molecule has 43 heavy (non-hydrogen) atoms. The summed E-state index contributed by atoms with van der Waals surface area (Å²) in [5.74, 6) is -2.81. The number of phenolic OH excluding ortho intramolecular Hbond substituents is 1. The van der Waals surface area contributed by atoms with E-state index in [1.165, 1.54) is 17.0 Å². The third-order valence-electron chi connectivity index (χ3n) is 7.44. The van der Waals surface area contributed by atoms with Crippen molar-refractivity contribution in [1.29, 1.82) is 0 Å². The molecular formula is C32H37N5O6. The number of benzene rings is 3. The number of hydrogen-bond donors (Lipinski definition) is 6. The van der Waals surface area contributed by atoms with Crippen LogP contribution in [-0.2, 0) is 38.4 Å². The topological polar surface area (TPSA) is 188 Å². The Hall–Kier alpha value is -4.74. The largest absolute Gasteiger partial charge is 0.508 e. The highest BCUT2D eigenvalue weighted by atomic mass is 16.4. The number of amides is 3. The number of nitrogens with one attached hydrogen (secondary N) is 2. The van der Waals surface area contributed by atoms with Crippen molar-refractivity contribution in [2.75, 3.05) is 6.54 Å². The van der Waals surface area contributed by atoms with Crippen LogP contribution in [0.25, 0.3) is 0 Å². The summed E-state index contributed by atoms with van der Waals surface area (Å²) in [5.41, 5.74) is 14.6. The van der Waals surface area contributed by atoms with Crippen LogP contribution in [0, 0.1) is 0 Å². The fraction of sp³-hybridized carbons (Fsp3) is 0.312. The number of nitrogens with zero attached hydrogens (tertiary/aromatic N) is 1. The van der Waals surface area contributed by atoms with Gasteiger partial charge >= 0.3 is 5.97 Å². The monoisotopic (exact) mass is 587 g/mol. The summed E-state index contributed by atoms with van der Waals surface area (Å²) in [7, 11) is 0. The summed E-state index contributed by atoms with van der Waals surface area (Å²) in [6, 6.07) is 19.5. The van der Waals surface area contributed by atoms with Crippen LogP contribution in [0.1, 0.15) is 23.1 Å². The molecule has 1 fully saturated rings. The van der Waals surface area contributed by atoms with E-state index >= 15 is 0 Å². The van der Waals surface area contributed by atoms with Crippen LogP contribution >= 0.6 is 0 Å². The number of aromatic hydroxyl groups is 1. The molecule has 1 aliphatic heterocycles. The molecular weight excluding hydrogens is 550 g/mol. The number of likely N-dealkylation sites (tertiary alicyclic amines) is 1. The van der Waals surface area contributed by atoms with Gasteiger partial charge in [-0.1, -0.05) is 72.8 Å². The van der Waals surface area contributed by atoms with E-state index in [1.54, 1.807) is 60.7 Å². The average Bonchev–Trinajstić information content (AvgIpc) is 3.39.